The lowest BCUT2D eigenvalue weighted by Crippen LogP contribution is -2.21. The van der Waals surface area contributed by atoms with Gasteiger partial charge in [-0.2, -0.15) is 0 Å². The summed E-state index contributed by atoms with van der Waals surface area (Å²) in [4.78, 5) is 9.24. The molecule has 0 radical (unpaired) electrons. The molecule has 1 unspecified atom stereocenters. The fraction of sp³-hybridized carbons (Fsp3) is 0.350. The summed E-state index contributed by atoms with van der Waals surface area (Å²) in [5.74, 6) is 0.991. The third-order valence-corrected chi connectivity index (χ3v) is 5.59. The van der Waals surface area contributed by atoms with Crippen molar-refractivity contribution in [1.29, 1.82) is 0 Å². The second-order valence-electron chi connectivity index (χ2n) is 6.39. The largest absolute Gasteiger partial charge is 0.468 e. The van der Waals surface area contributed by atoms with Crippen LogP contribution in [0.5, 0.6) is 0 Å². The molecule has 4 rings (SSSR count). The molecular weight excluding hydrogens is 332 g/mol. The maximum atomic E-state index is 5.81. The van der Waals surface area contributed by atoms with Gasteiger partial charge in [-0.15, -0.1) is 11.3 Å². The normalized spacial score (nSPS) is 17.4. The van der Waals surface area contributed by atoms with Crippen molar-refractivity contribution in [2.45, 2.75) is 38.6 Å². The number of pyridine rings is 1. The number of furan rings is 1. The van der Waals surface area contributed by atoms with Crippen LogP contribution in [0, 0.1) is 0 Å². The lowest BCUT2D eigenvalue weighted by atomic mass is 10.2. The topological polar surface area (TPSA) is 38.5 Å². The quantitative estimate of drug-likeness (QED) is 0.611. The molecule has 5 heteroatoms. The number of nitrogens with zero attached hydrogens (tertiary/aromatic N) is 2. The minimum atomic E-state index is 0.303. The second-order valence-corrected chi connectivity index (χ2v) is 7.59. The first-order valence-corrected chi connectivity index (χ1v) is 9.52. The Morgan fingerprint density at radius 1 is 1.08 bits per heavy atom. The van der Waals surface area contributed by atoms with E-state index in [0.29, 0.717) is 6.10 Å². The lowest BCUT2D eigenvalue weighted by Gasteiger charge is -2.20. The van der Waals surface area contributed by atoms with Crippen molar-refractivity contribution in [2.75, 3.05) is 6.61 Å². The molecule has 4 heterocycles. The van der Waals surface area contributed by atoms with E-state index in [0.717, 1.165) is 38.4 Å². The maximum absolute atomic E-state index is 5.81. The fourth-order valence-electron chi connectivity index (χ4n) is 3.21. The first kappa shape index (κ1) is 16.5. The van der Waals surface area contributed by atoms with Gasteiger partial charge in [0.15, 0.2) is 0 Å². The van der Waals surface area contributed by atoms with E-state index in [2.05, 4.69) is 34.1 Å². The van der Waals surface area contributed by atoms with Crippen molar-refractivity contribution in [3.05, 3.63) is 76.1 Å². The van der Waals surface area contributed by atoms with Crippen LogP contribution in [0.4, 0.5) is 0 Å². The Morgan fingerprint density at radius 3 is 2.76 bits per heavy atom. The van der Waals surface area contributed by atoms with Gasteiger partial charge in [0, 0.05) is 41.8 Å². The predicted molar refractivity (Wildman–Crippen MR) is 98.1 cm³/mol. The van der Waals surface area contributed by atoms with Crippen LogP contribution in [0.3, 0.4) is 0 Å². The van der Waals surface area contributed by atoms with E-state index in [1.807, 2.05) is 35.9 Å². The Balaban J connectivity index is 1.47. The molecule has 0 spiro atoms. The number of hydrogen-bond acceptors (Lipinski definition) is 5. The minimum absolute atomic E-state index is 0.303. The SMILES string of the molecule is c1coc(CN(Cc2ccncc2)Cc2ccc(C3CCCO3)s2)c1. The molecule has 0 amide bonds. The standard InChI is InChI=1S/C20H22N2O2S/c1-3-17(23-11-1)14-22(13-16-7-9-21-10-8-16)15-18-5-6-20(25-18)19-4-2-12-24-19/h1,3,5-11,19H,2,4,12-15H2. The van der Waals surface area contributed by atoms with Crippen molar-refractivity contribution in [3.8, 4) is 0 Å². The molecule has 130 valence electrons. The summed E-state index contributed by atoms with van der Waals surface area (Å²) in [6.45, 7) is 3.46. The summed E-state index contributed by atoms with van der Waals surface area (Å²) < 4.78 is 11.4. The van der Waals surface area contributed by atoms with Gasteiger partial charge >= 0.3 is 0 Å². The smallest absolute Gasteiger partial charge is 0.117 e. The third-order valence-electron chi connectivity index (χ3n) is 4.42. The van der Waals surface area contributed by atoms with Crippen molar-refractivity contribution >= 4 is 11.3 Å². The lowest BCUT2D eigenvalue weighted by molar-refractivity contribution is 0.114. The molecule has 0 bridgehead atoms. The van der Waals surface area contributed by atoms with Gasteiger partial charge in [0.25, 0.3) is 0 Å². The molecule has 3 aromatic rings. The highest BCUT2D eigenvalue weighted by Gasteiger charge is 2.20. The van der Waals surface area contributed by atoms with Gasteiger partial charge in [-0.25, -0.2) is 0 Å². The van der Waals surface area contributed by atoms with Crippen molar-refractivity contribution in [1.82, 2.24) is 9.88 Å². The molecule has 1 aliphatic rings. The Hall–Kier alpha value is -1.95. The van der Waals surface area contributed by atoms with Gasteiger partial charge in [-0.3, -0.25) is 9.88 Å². The van der Waals surface area contributed by atoms with Crippen LogP contribution in [0.1, 0.15) is 40.0 Å². The zero-order valence-electron chi connectivity index (χ0n) is 14.1. The number of ether oxygens (including phenoxy) is 1. The van der Waals surface area contributed by atoms with E-state index in [4.69, 9.17) is 9.15 Å². The summed E-state index contributed by atoms with van der Waals surface area (Å²) in [7, 11) is 0. The average molecular weight is 354 g/mol. The van der Waals surface area contributed by atoms with Crippen LogP contribution in [0.2, 0.25) is 0 Å². The molecular formula is C20H22N2O2S. The molecule has 0 aromatic carbocycles. The van der Waals surface area contributed by atoms with Gasteiger partial charge in [0.1, 0.15) is 5.76 Å². The van der Waals surface area contributed by atoms with Gasteiger partial charge in [0.05, 0.1) is 18.9 Å². The molecule has 3 aromatic heterocycles. The van der Waals surface area contributed by atoms with E-state index in [1.165, 1.54) is 21.7 Å². The summed E-state index contributed by atoms with van der Waals surface area (Å²) in [5.41, 5.74) is 1.26. The monoisotopic (exact) mass is 354 g/mol. The highest BCUT2D eigenvalue weighted by molar-refractivity contribution is 7.12. The summed E-state index contributed by atoms with van der Waals surface area (Å²) in [6, 6.07) is 12.6. The first-order chi connectivity index (χ1) is 12.4. The predicted octanol–water partition coefficient (Wildman–Crippen LogP) is 4.79. The summed E-state index contributed by atoms with van der Waals surface area (Å²) in [5, 5.41) is 0. The van der Waals surface area contributed by atoms with Crippen LogP contribution in [0.25, 0.3) is 0 Å². The van der Waals surface area contributed by atoms with Crippen molar-refractivity contribution in [3.63, 3.8) is 0 Å². The number of hydrogen-bond donors (Lipinski definition) is 0. The Labute approximate surface area is 152 Å². The average Bonchev–Trinajstić information content (AvgIpc) is 3.38. The zero-order chi connectivity index (χ0) is 16.9. The van der Waals surface area contributed by atoms with Gasteiger partial charge in [-0.05, 0) is 54.8 Å². The molecule has 0 aliphatic carbocycles. The van der Waals surface area contributed by atoms with E-state index < -0.39 is 0 Å². The highest BCUT2D eigenvalue weighted by atomic mass is 32.1. The summed E-state index contributed by atoms with van der Waals surface area (Å²) >= 11 is 1.87. The Kier molecular flexibility index (Phi) is 5.25. The fourth-order valence-corrected chi connectivity index (χ4v) is 4.35. The molecule has 0 N–H and O–H groups in total. The van der Waals surface area contributed by atoms with Crippen LogP contribution in [-0.2, 0) is 24.4 Å². The van der Waals surface area contributed by atoms with Gasteiger partial charge in [-0.1, -0.05) is 0 Å². The number of rotatable bonds is 7. The van der Waals surface area contributed by atoms with Crippen LogP contribution >= 0.6 is 11.3 Å². The molecule has 4 nitrogen and oxygen atoms in total. The van der Waals surface area contributed by atoms with Crippen molar-refractivity contribution in [2.24, 2.45) is 0 Å². The Morgan fingerprint density at radius 2 is 2.00 bits per heavy atom. The summed E-state index contributed by atoms with van der Waals surface area (Å²) in [6.07, 6.45) is 8.05. The van der Waals surface area contributed by atoms with E-state index in [9.17, 15) is 0 Å². The first-order valence-electron chi connectivity index (χ1n) is 8.71. The molecule has 1 atom stereocenters. The minimum Gasteiger partial charge on any atom is -0.468 e. The van der Waals surface area contributed by atoms with E-state index in [1.54, 1.807) is 6.26 Å². The van der Waals surface area contributed by atoms with Crippen LogP contribution in [0.15, 0.2) is 59.5 Å². The third kappa shape index (κ3) is 4.37. The highest BCUT2D eigenvalue weighted by Crippen LogP contribution is 2.33. The molecule has 25 heavy (non-hydrogen) atoms. The Bertz CT molecular complexity index is 764. The van der Waals surface area contributed by atoms with E-state index >= 15 is 0 Å². The van der Waals surface area contributed by atoms with Gasteiger partial charge < -0.3 is 9.15 Å². The van der Waals surface area contributed by atoms with Gasteiger partial charge in [0.2, 0.25) is 0 Å². The van der Waals surface area contributed by atoms with Crippen molar-refractivity contribution < 1.29 is 9.15 Å². The molecule has 1 saturated heterocycles. The second kappa shape index (κ2) is 7.95. The molecule has 1 fully saturated rings. The molecule has 0 saturated carbocycles. The zero-order valence-corrected chi connectivity index (χ0v) is 15.0. The molecule has 1 aliphatic heterocycles. The van der Waals surface area contributed by atoms with Crippen LogP contribution in [-0.4, -0.2) is 16.5 Å². The maximum Gasteiger partial charge on any atom is 0.117 e. The number of thiophene rings is 1. The number of aromatic nitrogens is 1. The van der Waals surface area contributed by atoms with Crippen LogP contribution < -0.4 is 0 Å². The van der Waals surface area contributed by atoms with E-state index in [-0.39, 0.29) is 0 Å².